The molecule has 0 aliphatic carbocycles. The van der Waals surface area contributed by atoms with Crippen molar-refractivity contribution < 1.29 is 15.1 Å². The lowest BCUT2D eigenvalue weighted by molar-refractivity contribution is 0.102. The van der Waals surface area contributed by atoms with Crippen LogP contribution in [0.3, 0.4) is 0 Å². The van der Waals surface area contributed by atoms with Crippen molar-refractivity contribution >= 4 is 17.3 Å². The van der Waals surface area contributed by atoms with Gasteiger partial charge in [-0.05, 0) is 12.1 Å². The third-order valence-corrected chi connectivity index (χ3v) is 2.61. The lowest BCUT2D eigenvalue weighted by Crippen LogP contribution is -2.30. The predicted octanol–water partition coefficient (Wildman–Crippen LogP) is -0.634. The van der Waals surface area contributed by atoms with Gasteiger partial charge in [0.1, 0.15) is 0 Å². The fourth-order valence-corrected chi connectivity index (χ4v) is 1.61. The Morgan fingerprint density at radius 2 is 2.05 bits per heavy atom. The molecule has 0 aliphatic rings. The first kappa shape index (κ1) is 15.0. The molecule has 6 N–H and O–H groups in total. The highest BCUT2D eigenvalue weighted by Gasteiger charge is 2.17. The predicted molar refractivity (Wildman–Crippen MR) is 75.5 cm³/mol. The molecule has 10 heteroatoms. The lowest BCUT2D eigenvalue weighted by Gasteiger charge is -2.08. The molecule has 0 bridgehead atoms. The Hall–Kier alpha value is -3.40. The molecule has 0 saturated carbocycles. The molecular formula is C12H11N5O5. The third kappa shape index (κ3) is 3.02. The topological polar surface area (TPSA) is 160 Å². The Kier molecular flexibility index (Phi) is 4.04. The van der Waals surface area contributed by atoms with E-state index in [0.29, 0.717) is 0 Å². The number of hydrogen-bond acceptors (Lipinski definition) is 7. The smallest absolute Gasteiger partial charge is 0.328 e. The number of anilines is 1. The molecule has 22 heavy (non-hydrogen) atoms. The second kappa shape index (κ2) is 5.93. The van der Waals surface area contributed by atoms with Crippen molar-refractivity contribution in [2.75, 3.05) is 5.32 Å². The van der Waals surface area contributed by atoms with Crippen LogP contribution in [-0.2, 0) is 0 Å². The summed E-state index contributed by atoms with van der Waals surface area (Å²) >= 11 is 0. The van der Waals surface area contributed by atoms with Crippen molar-refractivity contribution in [3.63, 3.8) is 0 Å². The summed E-state index contributed by atoms with van der Waals surface area (Å²) in [6.07, 6.45) is 1.34. The van der Waals surface area contributed by atoms with Gasteiger partial charge < -0.3 is 10.4 Å². The van der Waals surface area contributed by atoms with Crippen LogP contribution in [0.5, 0.6) is 5.88 Å². The maximum absolute atomic E-state index is 12.0. The molecule has 0 aliphatic heterocycles. The van der Waals surface area contributed by atoms with E-state index in [4.69, 9.17) is 5.21 Å². The molecule has 0 unspecified atom stereocenters. The number of nitrogens with zero attached hydrogens (tertiary/aromatic N) is 1. The van der Waals surface area contributed by atoms with E-state index in [1.807, 2.05) is 15.4 Å². The van der Waals surface area contributed by atoms with Crippen LogP contribution in [0.4, 0.5) is 5.69 Å². The van der Waals surface area contributed by atoms with Crippen molar-refractivity contribution in [1.82, 2.24) is 20.4 Å². The number of nitrogens with one attached hydrogen (secondary N) is 4. The monoisotopic (exact) mass is 305 g/mol. The zero-order chi connectivity index (χ0) is 16.3. The molecule has 2 heterocycles. The van der Waals surface area contributed by atoms with E-state index in [2.05, 4.69) is 16.9 Å². The molecule has 2 rings (SSSR count). The van der Waals surface area contributed by atoms with Crippen molar-refractivity contribution in [2.24, 2.45) is 0 Å². The first-order chi connectivity index (χ1) is 10.4. The summed E-state index contributed by atoms with van der Waals surface area (Å²) < 4.78 is 0. The van der Waals surface area contributed by atoms with Gasteiger partial charge in [-0.15, -0.1) is 0 Å². The fourth-order valence-electron chi connectivity index (χ4n) is 1.61. The number of rotatable bonds is 4. The van der Waals surface area contributed by atoms with Crippen LogP contribution in [0.25, 0.3) is 5.70 Å². The summed E-state index contributed by atoms with van der Waals surface area (Å²) in [5.74, 6) is -1.78. The molecule has 0 aromatic carbocycles. The minimum atomic E-state index is -1.03. The van der Waals surface area contributed by atoms with Crippen LogP contribution in [0, 0.1) is 0 Å². The molecule has 1 amide bonds. The summed E-state index contributed by atoms with van der Waals surface area (Å²) in [4.78, 5) is 42.1. The number of aromatic hydroxyl groups is 1. The van der Waals surface area contributed by atoms with E-state index in [1.54, 1.807) is 0 Å². The van der Waals surface area contributed by atoms with Gasteiger partial charge in [-0.2, -0.15) is 0 Å². The Morgan fingerprint density at radius 1 is 1.32 bits per heavy atom. The first-order valence-corrected chi connectivity index (χ1v) is 5.84. The number of H-pyrrole nitrogens is 2. The van der Waals surface area contributed by atoms with Gasteiger partial charge in [0.2, 0.25) is 5.88 Å². The Labute approximate surface area is 122 Å². The second-order valence-corrected chi connectivity index (χ2v) is 4.11. The van der Waals surface area contributed by atoms with E-state index in [1.165, 1.54) is 18.3 Å². The Bertz CT molecular complexity index is 853. The Morgan fingerprint density at radius 3 is 2.68 bits per heavy atom. The average molecular weight is 305 g/mol. The summed E-state index contributed by atoms with van der Waals surface area (Å²) in [6.45, 7) is 3.49. The van der Waals surface area contributed by atoms with Gasteiger partial charge in [0, 0.05) is 11.9 Å². The number of aromatic amines is 2. The van der Waals surface area contributed by atoms with Gasteiger partial charge in [-0.1, -0.05) is 6.58 Å². The van der Waals surface area contributed by atoms with Crippen molar-refractivity contribution in [3.8, 4) is 5.88 Å². The van der Waals surface area contributed by atoms with Gasteiger partial charge in [0.15, 0.2) is 5.56 Å². The second-order valence-electron chi connectivity index (χ2n) is 4.11. The third-order valence-electron chi connectivity index (χ3n) is 2.61. The molecule has 0 spiro atoms. The highest BCUT2D eigenvalue weighted by molar-refractivity contribution is 6.05. The molecule has 114 valence electrons. The summed E-state index contributed by atoms with van der Waals surface area (Å²) in [5.41, 5.74) is -0.215. The Balaban J connectivity index is 2.32. The van der Waals surface area contributed by atoms with Crippen LogP contribution in [-0.4, -0.2) is 31.2 Å². The molecule has 0 saturated heterocycles. The van der Waals surface area contributed by atoms with Gasteiger partial charge >= 0.3 is 5.69 Å². The largest absolute Gasteiger partial charge is 0.494 e. The van der Waals surface area contributed by atoms with Gasteiger partial charge in [-0.25, -0.2) is 4.79 Å². The minimum Gasteiger partial charge on any atom is -0.494 e. The van der Waals surface area contributed by atoms with Crippen LogP contribution >= 0.6 is 0 Å². The van der Waals surface area contributed by atoms with Crippen molar-refractivity contribution in [1.29, 1.82) is 0 Å². The number of carbonyl (C=O) groups is 1. The number of carbonyl (C=O) groups excluding carboxylic acids is 1. The van der Waals surface area contributed by atoms with Gasteiger partial charge in [-0.3, -0.25) is 35.2 Å². The SMILES string of the molecule is C=C(NO)c1cc(NC(=O)c2c(O)[nH]c(=O)[nH]c2=O)ccn1. The minimum absolute atomic E-state index is 0.0980. The maximum Gasteiger partial charge on any atom is 0.328 e. The lowest BCUT2D eigenvalue weighted by atomic mass is 10.2. The van der Waals surface area contributed by atoms with E-state index in [-0.39, 0.29) is 17.1 Å². The molecule has 0 radical (unpaired) electrons. The molecule has 2 aromatic rings. The van der Waals surface area contributed by atoms with Crippen LogP contribution in [0.15, 0.2) is 34.5 Å². The standard InChI is InChI=1S/C12H11N5O5/c1-5(17-22)7-4-6(2-3-13-7)14-9(18)8-10(19)15-12(21)16-11(8)20/h2-4,17,22H,1H2,(H,13,14,18)(H3,15,16,19,20,21). The zero-order valence-corrected chi connectivity index (χ0v) is 11.0. The molecule has 0 fully saturated rings. The van der Waals surface area contributed by atoms with Crippen LogP contribution in [0.1, 0.15) is 16.1 Å². The first-order valence-electron chi connectivity index (χ1n) is 5.84. The number of pyridine rings is 1. The van der Waals surface area contributed by atoms with E-state index in [0.717, 1.165) is 0 Å². The molecule has 10 nitrogen and oxygen atoms in total. The highest BCUT2D eigenvalue weighted by Crippen LogP contribution is 2.14. The molecule has 0 atom stereocenters. The van der Waals surface area contributed by atoms with E-state index < -0.39 is 28.6 Å². The number of amides is 1. The van der Waals surface area contributed by atoms with Crippen molar-refractivity contribution in [2.45, 2.75) is 0 Å². The number of hydroxylamine groups is 1. The van der Waals surface area contributed by atoms with Crippen molar-refractivity contribution in [3.05, 3.63) is 57.0 Å². The van der Waals surface area contributed by atoms with Crippen LogP contribution < -0.4 is 22.0 Å². The molecular weight excluding hydrogens is 294 g/mol. The van der Waals surface area contributed by atoms with Gasteiger partial charge in [0.05, 0.1) is 11.4 Å². The fraction of sp³-hybridized carbons (Fsp3) is 0. The average Bonchev–Trinajstić information content (AvgIpc) is 2.45. The molecule has 2 aromatic heterocycles. The number of hydrogen-bond donors (Lipinski definition) is 6. The maximum atomic E-state index is 12.0. The van der Waals surface area contributed by atoms with Crippen LogP contribution in [0.2, 0.25) is 0 Å². The van der Waals surface area contributed by atoms with Gasteiger partial charge in [0.25, 0.3) is 11.5 Å². The zero-order valence-electron chi connectivity index (χ0n) is 11.0. The summed E-state index contributed by atoms with van der Waals surface area (Å²) in [6, 6.07) is 2.79. The van der Waals surface area contributed by atoms with E-state index >= 15 is 0 Å². The summed E-state index contributed by atoms with van der Waals surface area (Å²) in [5, 5.41) is 20.6. The number of aromatic nitrogens is 3. The normalized spacial score (nSPS) is 10.0. The van der Waals surface area contributed by atoms with E-state index in [9.17, 15) is 19.5 Å². The summed E-state index contributed by atoms with van der Waals surface area (Å²) in [7, 11) is 0. The quantitative estimate of drug-likeness (QED) is 0.410. The highest BCUT2D eigenvalue weighted by atomic mass is 16.5.